The van der Waals surface area contributed by atoms with Gasteiger partial charge in [-0.15, -0.1) is 11.3 Å². The van der Waals surface area contributed by atoms with Crippen molar-refractivity contribution in [3.05, 3.63) is 15.8 Å². The normalized spacial score (nSPS) is 19.9. The van der Waals surface area contributed by atoms with Gasteiger partial charge < -0.3 is 9.64 Å². The van der Waals surface area contributed by atoms with Crippen LogP contribution in [0, 0.1) is 6.92 Å². The topological polar surface area (TPSA) is 89.7 Å². The zero-order valence-electron chi connectivity index (χ0n) is 10.8. The first-order chi connectivity index (χ1) is 8.82. The second kappa shape index (κ2) is 5.20. The Morgan fingerprint density at radius 3 is 2.74 bits per heavy atom. The third-order valence-electron chi connectivity index (χ3n) is 3.16. The van der Waals surface area contributed by atoms with Gasteiger partial charge in [-0.3, -0.25) is 4.79 Å². The van der Waals surface area contributed by atoms with E-state index in [1.54, 1.807) is 18.9 Å². The minimum Gasteiger partial charge on any atom is -0.380 e. The van der Waals surface area contributed by atoms with Crippen LogP contribution in [0.15, 0.2) is 11.0 Å². The number of primary sulfonamides is 1. The lowest BCUT2D eigenvalue weighted by Gasteiger charge is -2.14. The number of carbonyl (C=O) groups excluding carboxylic acids is 1. The molecule has 1 unspecified atom stereocenters. The highest BCUT2D eigenvalue weighted by Gasteiger charge is 2.29. The summed E-state index contributed by atoms with van der Waals surface area (Å²) in [7, 11) is -2.15. The van der Waals surface area contributed by atoms with Crippen LogP contribution in [0.5, 0.6) is 0 Å². The van der Waals surface area contributed by atoms with Gasteiger partial charge >= 0.3 is 0 Å². The second-order valence-electron chi connectivity index (χ2n) is 4.47. The van der Waals surface area contributed by atoms with Gasteiger partial charge in [-0.2, -0.15) is 0 Å². The van der Waals surface area contributed by atoms with E-state index < -0.39 is 10.0 Å². The average molecular weight is 304 g/mol. The fourth-order valence-electron chi connectivity index (χ4n) is 2.11. The van der Waals surface area contributed by atoms with Gasteiger partial charge in [-0.25, -0.2) is 13.6 Å². The summed E-state index contributed by atoms with van der Waals surface area (Å²) in [5, 5.41) is 5.10. The molecule has 8 heteroatoms. The molecule has 2 N–H and O–H groups in total. The molecule has 2 heterocycles. The number of nitrogens with zero attached hydrogens (tertiary/aromatic N) is 1. The summed E-state index contributed by atoms with van der Waals surface area (Å²) in [6.45, 7) is 2.80. The van der Waals surface area contributed by atoms with Crippen molar-refractivity contribution in [2.45, 2.75) is 24.3 Å². The van der Waals surface area contributed by atoms with Crippen LogP contribution in [0.4, 0.5) is 0 Å². The number of rotatable bonds is 3. The standard InChI is InChI=1S/C11H16N2O4S2/c1-7-10(19(12,15)16)5-9(18-7)11(14)13-4-3-8(6-13)17-2/h5,8H,3-4,6H2,1-2H3,(H2,12,15,16). The monoisotopic (exact) mass is 304 g/mol. The molecule has 0 saturated carbocycles. The number of hydrogen-bond acceptors (Lipinski definition) is 5. The fraction of sp³-hybridized carbons (Fsp3) is 0.545. The van der Waals surface area contributed by atoms with E-state index in [0.29, 0.717) is 22.8 Å². The van der Waals surface area contributed by atoms with Crippen LogP contribution in [0.1, 0.15) is 21.0 Å². The second-order valence-corrected chi connectivity index (χ2v) is 7.26. The van der Waals surface area contributed by atoms with Gasteiger partial charge in [0.15, 0.2) is 0 Å². The number of nitrogens with two attached hydrogens (primary N) is 1. The van der Waals surface area contributed by atoms with Gasteiger partial charge in [-0.05, 0) is 19.4 Å². The number of aryl methyl sites for hydroxylation is 1. The van der Waals surface area contributed by atoms with E-state index in [4.69, 9.17) is 9.88 Å². The molecule has 1 amide bonds. The van der Waals surface area contributed by atoms with Gasteiger partial charge in [0.1, 0.15) is 0 Å². The molecule has 1 aliphatic heterocycles. The Labute approximate surface area is 116 Å². The lowest BCUT2D eigenvalue weighted by Crippen LogP contribution is -2.29. The first-order valence-electron chi connectivity index (χ1n) is 5.78. The van der Waals surface area contributed by atoms with E-state index >= 15 is 0 Å². The summed E-state index contributed by atoms with van der Waals surface area (Å²) in [5.41, 5.74) is 0. The van der Waals surface area contributed by atoms with E-state index in [9.17, 15) is 13.2 Å². The number of ether oxygens (including phenoxy) is 1. The van der Waals surface area contributed by atoms with Crippen molar-refractivity contribution in [2.75, 3.05) is 20.2 Å². The molecule has 0 aromatic carbocycles. The number of likely N-dealkylation sites (tertiary alicyclic amines) is 1. The van der Waals surface area contributed by atoms with Gasteiger partial charge in [0.05, 0.1) is 15.9 Å². The molecule has 0 spiro atoms. The third kappa shape index (κ3) is 2.97. The molecule has 1 aromatic rings. The third-order valence-corrected chi connectivity index (χ3v) is 5.36. The number of sulfonamides is 1. The van der Waals surface area contributed by atoms with E-state index in [-0.39, 0.29) is 16.9 Å². The van der Waals surface area contributed by atoms with Gasteiger partial charge in [0.2, 0.25) is 10.0 Å². The van der Waals surface area contributed by atoms with E-state index in [2.05, 4.69) is 0 Å². The quantitative estimate of drug-likeness (QED) is 0.883. The van der Waals surface area contributed by atoms with Crippen molar-refractivity contribution in [3.8, 4) is 0 Å². The van der Waals surface area contributed by atoms with Crippen molar-refractivity contribution in [1.29, 1.82) is 0 Å². The largest absolute Gasteiger partial charge is 0.380 e. The summed E-state index contributed by atoms with van der Waals surface area (Å²) >= 11 is 1.15. The minimum absolute atomic E-state index is 0.0309. The summed E-state index contributed by atoms with van der Waals surface area (Å²) in [6.07, 6.45) is 0.858. The maximum Gasteiger partial charge on any atom is 0.264 e. The lowest BCUT2D eigenvalue weighted by atomic mass is 10.3. The van der Waals surface area contributed by atoms with E-state index in [1.807, 2.05) is 0 Å². The highest BCUT2D eigenvalue weighted by Crippen LogP contribution is 2.27. The Hall–Kier alpha value is -0.960. The van der Waals surface area contributed by atoms with Crippen molar-refractivity contribution in [3.63, 3.8) is 0 Å². The molecule has 19 heavy (non-hydrogen) atoms. The predicted molar refractivity (Wildman–Crippen MR) is 71.7 cm³/mol. The van der Waals surface area contributed by atoms with Crippen molar-refractivity contribution < 1.29 is 17.9 Å². The van der Waals surface area contributed by atoms with Gasteiger partial charge in [0.25, 0.3) is 5.91 Å². The molecule has 0 bridgehead atoms. The summed E-state index contributed by atoms with van der Waals surface area (Å²) in [5.74, 6) is -0.164. The highest BCUT2D eigenvalue weighted by atomic mass is 32.2. The van der Waals surface area contributed by atoms with Crippen LogP contribution in [0.2, 0.25) is 0 Å². The molecular weight excluding hydrogens is 288 g/mol. The molecular formula is C11H16N2O4S2. The first kappa shape index (κ1) is 14.4. The molecule has 1 fully saturated rings. The van der Waals surface area contributed by atoms with E-state index in [1.165, 1.54) is 6.07 Å². The first-order valence-corrected chi connectivity index (χ1v) is 8.14. The molecule has 6 nitrogen and oxygen atoms in total. The Morgan fingerprint density at radius 1 is 1.58 bits per heavy atom. The van der Waals surface area contributed by atoms with Crippen molar-refractivity contribution in [2.24, 2.45) is 5.14 Å². The van der Waals surface area contributed by atoms with Crippen molar-refractivity contribution in [1.82, 2.24) is 4.90 Å². The maximum absolute atomic E-state index is 12.2. The SMILES string of the molecule is COC1CCN(C(=O)c2cc(S(N)(=O)=O)c(C)s2)C1. The Morgan fingerprint density at radius 2 is 2.26 bits per heavy atom. The van der Waals surface area contributed by atoms with E-state index in [0.717, 1.165) is 17.8 Å². The van der Waals surface area contributed by atoms with Crippen molar-refractivity contribution >= 4 is 27.3 Å². The van der Waals surface area contributed by atoms with Crippen LogP contribution in [0.3, 0.4) is 0 Å². The summed E-state index contributed by atoms with van der Waals surface area (Å²) in [4.78, 5) is 14.9. The number of methoxy groups -OCH3 is 1. The maximum atomic E-state index is 12.2. The molecule has 1 aromatic heterocycles. The molecule has 1 saturated heterocycles. The van der Waals surface area contributed by atoms with Crippen LogP contribution >= 0.6 is 11.3 Å². The predicted octanol–water partition coefficient (Wildman–Crippen LogP) is 0.565. The number of carbonyl (C=O) groups is 1. The Bertz CT molecular complexity index is 594. The molecule has 2 rings (SSSR count). The van der Waals surface area contributed by atoms with Crippen LogP contribution in [-0.2, 0) is 14.8 Å². The number of hydrogen-bond donors (Lipinski definition) is 1. The van der Waals surface area contributed by atoms with Crippen LogP contribution in [-0.4, -0.2) is 45.5 Å². The fourth-order valence-corrected chi connectivity index (χ4v) is 4.23. The molecule has 0 aliphatic carbocycles. The molecule has 1 atom stereocenters. The Balaban J connectivity index is 2.22. The Kier molecular flexibility index (Phi) is 3.95. The van der Waals surface area contributed by atoms with Gasteiger partial charge in [0, 0.05) is 25.1 Å². The summed E-state index contributed by atoms with van der Waals surface area (Å²) < 4.78 is 27.9. The lowest BCUT2D eigenvalue weighted by molar-refractivity contribution is 0.0728. The molecule has 0 radical (unpaired) electrons. The zero-order chi connectivity index (χ0) is 14.2. The smallest absolute Gasteiger partial charge is 0.264 e. The number of thiophene rings is 1. The summed E-state index contributed by atoms with van der Waals surface area (Å²) in [6, 6.07) is 1.36. The average Bonchev–Trinajstić information content (AvgIpc) is 2.93. The van der Waals surface area contributed by atoms with Crippen LogP contribution in [0.25, 0.3) is 0 Å². The molecule has 1 aliphatic rings. The highest BCUT2D eigenvalue weighted by molar-refractivity contribution is 7.89. The van der Waals surface area contributed by atoms with Crippen LogP contribution < -0.4 is 5.14 Å². The van der Waals surface area contributed by atoms with Gasteiger partial charge in [-0.1, -0.05) is 0 Å². The minimum atomic E-state index is -3.77. The number of amides is 1. The molecule has 106 valence electrons. The zero-order valence-corrected chi connectivity index (χ0v) is 12.4.